The van der Waals surface area contributed by atoms with Crippen LogP contribution >= 0.6 is 11.6 Å². The summed E-state index contributed by atoms with van der Waals surface area (Å²) in [4.78, 5) is 11.1. The number of anilines is 1. The van der Waals surface area contributed by atoms with Gasteiger partial charge in [0.25, 0.3) is 0 Å². The molecule has 18 heavy (non-hydrogen) atoms. The van der Waals surface area contributed by atoms with E-state index in [9.17, 15) is 0 Å². The van der Waals surface area contributed by atoms with Crippen LogP contribution in [0.2, 0.25) is 5.15 Å². The standard InChI is InChI=1S/C14H22ClN3/c1-10(2)14-16-12(15)8-13(17-14)18(3)9-11-6-4-5-7-11/h8,10-11H,4-7,9H2,1-3H3. The van der Waals surface area contributed by atoms with Crippen LogP contribution in [0.1, 0.15) is 51.3 Å². The van der Waals surface area contributed by atoms with Gasteiger partial charge in [0.1, 0.15) is 16.8 Å². The zero-order chi connectivity index (χ0) is 13.1. The molecule has 1 saturated carbocycles. The lowest BCUT2D eigenvalue weighted by Gasteiger charge is -2.22. The van der Waals surface area contributed by atoms with Gasteiger partial charge in [-0.3, -0.25) is 0 Å². The van der Waals surface area contributed by atoms with Gasteiger partial charge in [-0.05, 0) is 18.8 Å². The monoisotopic (exact) mass is 267 g/mol. The van der Waals surface area contributed by atoms with Crippen LogP contribution in [-0.2, 0) is 0 Å². The summed E-state index contributed by atoms with van der Waals surface area (Å²) in [5.41, 5.74) is 0. The van der Waals surface area contributed by atoms with Crippen molar-refractivity contribution < 1.29 is 0 Å². The number of hydrogen-bond acceptors (Lipinski definition) is 3. The summed E-state index contributed by atoms with van der Waals surface area (Å²) >= 11 is 6.08. The van der Waals surface area contributed by atoms with Crippen molar-refractivity contribution in [3.8, 4) is 0 Å². The largest absolute Gasteiger partial charge is 0.359 e. The van der Waals surface area contributed by atoms with Crippen LogP contribution in [0.3, 0.4) is 0 Å². The van der Waals surface area contributed by atoms with E-state index in [-0.39, 0.29) is 0 Å². The Hall–Kier alpha value is -0.830. The molecule has 0 N–H and O–H groups in total. The van der Waals surface area contributed by atoms with E-state index in [1.54, 1.807) is 0 Å². The van der Waals surface area contributed by atoms with Crippen LogP contribution < -0.4 is 4.90 Å². The summed E-state index contributed by atoms with van der Waals surface area (Å²) in [6.45, 7) is 5.25. The van der Waals surface area contributed by atoms with Gasteiger partial charge in [0.05, 0.1) is 0 Å². The molecule has 4 heteroatoms. The molecule has 0 amide bonds. The van der Waals surface area contributed by atoms with Crippen molar-refractivity contribution in [3.63, 3.8) is 0 Å². The molecule has 0 aromatic carbocycles. The molecule has 3 nitrogen and oxygen atoms in total. The zero-order valence-corrected chi connectivity index (χ0v) is 12.2. The lowest BCUT2D eigenvalue weighted by molar-refractivity contribution is 0.544. The van der Waals surface area contributed by atoms with Crippen molar-refractivity contribution in [3.05, 3.63) is 17.0 Å². The second-order valence-corrected chi connectivity index (χ2v) is 5.98. The van der Waals surface area contributed by atoms with E-state index in [4.69, 9.17) is 11.6 Å². The summed E-state index contributed by atoms with van der Waals surface area (Å²) in [6.07, 6.45) is 5.45. The number of rotatable bonds is 4. The normalized spacial score (nSPS) is 16.5. The highest BCUT2D eigenvalue weighted by Crippen LogP contribution is 2.27. The van der Waals surface area contributed by atoms with Crippen LogP contribution in [-0.4, -0.2) is 23.6 Å². The topological polar surface area (TPSA) is 29.0 Å². The van der Waals surface area contributed by atoms with Crippen LogP contribution in [0.5, 0.6) is 0 Å². The van der Waals surface area contributed by atoms with Crippen molar-refractivity contribution in [2.45, 2.75) is 45.4 Å². The molecule has 0 spiro atoms. The SMILES string of the molecule is CC(C)c1nc(Cl)cc(N(C)CC2CCCC2)n1. The molecule has 1 aromatic heterocycles. The molecule has 2 rings (SSSR count). The molecule has 1 aliphatic carbocycles. The van der Waals surface area contributed by atoms with E-state index in [1.807, 2.05) is 6.07 Å². The second-order valence-electron chi connectivity index (χ2n) is 5.59. The Labute approximate surface area is 115 Å². The maximum Gasteiger partial charge on any atom is 0.135 e. The van der Waals surface area contributed by atoms with Gasteiger partial charge in [-0.15, -0.1) is 0 Å². The number of hydrogen-bond donors (Lipinski definition) is 0. The third-order valence-corrected chi connectivity index (χ3v) is 3.81. The van der Waals surface area contributed by atoms with Gasteiger partial charge in [-0.25, -0.2) is 9.97 Å². The summed E-state index contributed by atoms with van der Waals surface area (Å²) in [7, 11) is 2.10. The first kappa shape index (κ1) is 13.6. The first-order valence-electron chi connectivity index (χ1n) is 6.82. The molecule has 0 radical (unpaired) electrons. The van der Waals surface area contributed by atoms with E-state index in [0.29, 0.717) is 11.1 Å². The predicted molar refractivity (Wildman–Crippen MR) is 76.4 cm³/mol. The minimum atomic E-state index is 0.308. The van der Waals surface area contributed by atoms with Gasteiger partial charge in [0.2, 0.25) is 0 Å². The Kier molecular flexibility index (Phi) is 4.44. The van der Waals surface area contributed by atoms with E-state index in [1.165, 1.54) is 25.7 Å². The maximum atomic E-state index is 6.08. The zero-order valence-electron chi connectivity index (χ0n) is 11.5. The van der Waals surface area contributed by atoms with Crippen molar-refractivity contribution in [1.29, 1.82) is 0 Å². The Morgan fingerprint density at radius 2 is 2.00 bits per heavy atom. The molecule has 0 aliphatic heterocycles. The summed E-state index contributed by atoms with van der Waals surface area (Å²) in [5.74, 6) is 2.90. The van der Waals surface area contributed by atoms with Crippen molar-refractivity contribution in [2.24, 2.45) is 5.92 Å². The van der Waals surface area contributed by atoms with Crippen LogP contribution in [0.4, 0.5) is 5.82 Å². The Morgan fingerprint density at radius 1 is 1.33 bits per heavy atom. The Morgan fingerprint density at radius 3 is 2.61 bits per heavy atom. The van der Waals surface area contributed by atoms with E-state index in [0.717, 1.165) is 24.1 Å². The molecule has 0 saturated heterocycles. The van der Waals surface area contributed by atoms with E-state index >= 15 is 0 Å². The highest BCUT2D eigenvalue weighted by Gasteiger charge is 2.18. The fourth-order valence-corrected chi connectivity index (χ4v) is 2.73. The minimum Gasteiger partial charge on any atom is -0.359 e. The smallest absolute Gasteiger partial charge is 0.135 e. The van der Waals surface area contributed by atoms with Gasteiger partial charge in [-0.2, -0.15) is 0 Å². The first-order chi connectivity index (χ1) is 8.56. The molecule has 1 fully saturated rings. The number of aromatic nitrogens is 2. The van der Waals surface area contributed by atoms with Gasteiger partial charge >= 0.3 is 0 Å². The molecular weight excluding hydrogens is 246 g/mol. The van der Waals surface area contributed by atoms with Gasteiger partial charge < -0.3 is 4.90 Å². The van der Waals surface area contributed by atoms with Crippen LogP contribution in [0.15, 0.2) is 6.07 Å². The Bertz CT molecular complexity index is 400. The summed E-state index contributed by atoms with van der Waals surface area (Å²) in [5, 5.41) is 0.543. The first-order valence-corrected chi connectivity index (χ1v) is 7.19. The van der Waals surface area contributed by atoms with E-state index in [2.05, 4.69) is 35.8 Å². The summed E-state index contributed by atoms with van der Waals surface area (Å²) < 4.78 is 0. The molecule has 1 aliphatic rings. The van der Waals surface area contributed by atoms with Crippen molar-refractivity contribution >= 4 is 17.4 Å². The second kappa shape index (κ2) is 5.87. The molecule has 0 atom stereocenters. The average molecular weight is 268 g/mol. The fraction of sp³-hybridized carbons (Fsp3) is 0.714. The molecule has 1 heterocycles. The molecule has 0 unspecified atom stereocenters. The quantitative estimate of drug-likeness (QED) is 0.776. The highest BCUT2D eigenvalue weighted by molar-refractivity contribution is 6.29. The Balaban J connectivity index is 2.10. The van der Waals surface area contributed by atoms with Gasteiger partial charge in [0, 0.05) is 25.6 Å². The lowest BCUT2D eigenvalue weighted by atomic mass is 10.1. The predicted octanol–water partition coefficient (Wildman–Crippen LogP) is 3.88. The highest BCUT2D eigenvalue weighted by atomic mass is 35.5. The van der Waals surface area contributed by atoms with Crippen LogP contribution in [0, 0.1) is 5.92 Å². The van der Waals surface area contributed by atoms with Crippen LogP contribution in [0.25, 0.3) is 0 Å². The number of nitrogens with zero attached hydrogens (tertiary/aromatic N) is 3. The van der Waals surface area contributed by atoms with E-state index < -0.39 is 0 Å². The molecule has 100 valence electrons. The third kappa shape index (κ3) is 3.35. The summed E-state index contributed by atoms with van der Waals surface area (Å²) in [6, 6.07) is 1.86. The lowest BCUT2D eigenvalue weighted by Crippen LogP contribution is -2.25. The molecule has 0 bridgehead atoms. The van der Waals surface area contributed by atoms with Gasteiger partial charge in [-0.1, -0.05) is 38.3 Å². The average Bonchev–Trinajstić information content (AvgIpc) is 2.80. The molecule has 1 aromatic rings. The fourth-order valence-electron chi connectivity index (χ4n) is 2.55. The van der Waals surface area contributed by atoms with Crippen molar-refractivity contribution in [1.82, 2.24) is 9.97 Å². The van der Waals surface area contributed by atoms with Gasteiger partial charge in [0.15, 0.2) is 0 Å². The molecular formula is C14H22ClN3. The number of halogens is 1. The maximum absolute atomic E-state index is 6.08. The minimum absolute atomic E-state index is 0.308. The van der Waals surface area contributed by atoms with Crippen molar-refractivity contribution in [2.75, 3.05) is 18.5 Å². The third-order valence-electron chi connectivity index (χ3n) is 3.61.